The first-order valence-corrected chi connectivity index (χ1v) is 8.43. The monoisotopic (exact) mass is 317 g/mol. The topological polar surface area (TPSA) is 45.6 Å². The van der Waals surface area contributed by atoms with E-state index < -0.39 is 0 Å². The van der Waals surface area contributed by atoms with Gasteiger partial charge < -0.3 is 15.4 Å². The number of benzene rings is 1. The maximum absolute atomic E-state index is 5.65. The molecular weight excluding hydrogens is 294 g/mol. The van der Waals surface area contributed by atoms with Crippen molar-refractivity contribution in [2.45, 2.75) is 26.4 Å². The Balaban J connectivity index is 1.82. The summed E-state index contributed by atoms with van der Waals surface area (Å²) in [5, 5.41) is 10.8. The molecule has 0 spiro atoms. The van der Waals surface area contributed by atoms with Crippen LogP contribution in [0.1, 0.15) is 24.5 Å². The summed E-state index contributed by atoms with van der Waals surface area (Å²) in [5.41, 5.74) is 2.44. The number of rotatable bonds is 7. The molecule has 1 aromatic carbocycles. The summed E-state index contributed by atoms with van der Waals surface area (Å²) in [6.07, 6.45) is 1.02. The van der Waals surface area contributed by atoms with Gasteiger partial charge in [-0.3, -0.25) is 4.99 Å². The minimum atomic E-state index is 0.715. The molecule has 1 aromatic heterocycles. The van der Waals surface area contributed by atoms with Crippen LogP contribution < -0.4 is 15.4 Å². The number of ether oxygens (including phenoxy) is 1. The van der Waals surface area contributed by atoms with Gasteiger partial charge in [-0.25, -0.2) is 0 Å². The molecule has 2 N–H and O–H groups in total. The van der Waals surface area contributed by atoms with Crippen LogP contribution in [0.5, 0.6) is 5.75 Å². The Morgan fingerprint density at radius 3 is 2.68 bits per heavy atom. The van der Waals surface area contributed by atoms with Gasteiger partial charge in [0.1, 0.15) is 5.75 Å². The maximum Gasteiger partial charge on any atom is 0.191 e. The molecule has 0 aliphatic carbocycles. The first-order chi connectivity index (χ1) is 10.8. The number of nitrogens with one attached hydrogen (secondary N) is 2. The molecule has 118 valence electrons. The third kappa shape index (κ3) is 5.41. The smallest absolute Gasteiger partial charge is 0.191 e. The van der Waals surface area contributed by atoms with Gasteiger partial charge in [0.15, 0.2) is 5.96 Å². The van der Waals surface area contributed by atoms with Crippen LogP contribution in [0.2, 0.25) is 0 Å². The Labute approximate surface area is 136 Å². The molecule has 22 heavy (non-hydrogen) atoms. The number of hydrogen-bond acceptors (Lipinski definition) is 3. The van der Waals surface area contributed by atoms with Crippen molar-refractivity contribution in [1.82, 2.24) is 10.6 Å². The Hall–Kier alpha value is -2.01. The summed E-state index contributed by atoms with van der Waals surface area (Å²) < 4.78 is 5.65. The highest BCUT2D eigenvalue weighted by Crippen LogP contribution is 2.13. The second kappa shape index (κ2) is 9.10. The second-order valence-corrected chi connectivity index (χ2v) is 5.69. The van der Waals surface area contributed by atoms with Gasteiger partial charge >= 0.3 is 0 Å². The van der Waals surface area contributed by atoms with Crippen LogP contribution in [0.25, 0.3) is 0 Å². The molecule has 0 saturated carbocycles. The molecule has 0 amide bonds. The van der Waals surface area contributed by atoms with E-state index in [2.05, 4.69) is 51.5 Å². The number of guanidine groups is 1. The van der Waals surface area contributed by atoms with Crippen molar-refractivity contribution in [3.63, 3.8) is 0 Å². The lowest BCUT2D eigenvalue weighted by Gasteiger charge is -2.12. The van der Waals surface area contributed by atoms with E-state index in [0.717, 1.165) is 31.3 Å². The van der Waals surface area contributed by atoms with Crippen LogP contribution in [-0.2, 0) is 13.1 Å². The highest BCUT2D eigenvalue weighted by Gasteiger charge is 2.01. The molecule has 0 atom stereocenters. The largest absolute Gasteiger partial charge is 0.494 e. The number of nitrogens with zero attached hydrogens (tertiary/aromatic N) is 1. The fourth-order valence-corrected chi connectivity index (χ4v) is 2.62. The standard InChI is InChI=1S/C17H23N3OS/c1-3-8-21-16-6-4-5-14(10-16)11-19-17(18-2)20-12-15-7-9-22-13-15/h4-7,9-10,13H,3,8,11-12H2,1-2H3,(H2,18,19,20). The molecular formula is C17H23N3OS. The average molecular weight is 317 g/mol. The van der Waals surface area contributed by atoms with E-state index >= 15 is 0 Å². The third-order valence-corrected chi connectivity index (χ3v) is 3.83. The van der Waals surface area contributed by atoms with Crippen molar-refractivity contribution in [2.24, 2.45) is 4.99 Å². The first kappa shape index (κ1) is 16.4. The van der Waals surface area contributed by atoms with Gasteiger partial charge in [0.2, 0.25) is 0 Å². The zero-order valence-corrected chi connectivity index (χ0v) is 14.0. The van der Waals surface area contributed by atoms with Crippen molar-refractivity contribution >= 4 is 17.3 Å². The lowest BCUT2D eigenvalue weighted by atomic mass is 10.2. The molecule has 0 radical (unpaired) electrons. The summed E-state index contributed by atoms with van der Waals surface area (Å²) in [6.45, 7) is 4.35. The van der Waals surface area contributed by atoms with Gasteiger partial charge in [0.25, 0.3) is 0 Å². The molecule has 5 heteroatoms. The van der Waals surface area contributed by atoms with Crippen LogP contribution in [0.4, 0.5) is 0 Å². The second-order valence-electron chi connectivity index (χ2n) is 4.91. The minimum absolute atomic E-state index is 0.715. The highest BCUT2D eigenvalue weighted by atomic mass is 32.1. The van der Waals surface area contributed by atoms with Crippen molar-refractivity contribution in [3.05, 3.63) is 52.2 Å². The zero-order valence-electron chi connectivity index (χ0n) is 13.1. The van der Waals surface area contributed by atoms with Crippen molar-refractivity contribution in [1.29, 1.82) is 0 Å². The van der Waals surface area contributed by atoms with E-state index in [1.54, 1.807) is 18.4 Å². The Kier molecular flexibility index (Phi) is 6.77. The number of aliphatic imine (C=N–C) groups is 1. The van der Waals surface area contributed by atoms with Crippen molar-refractivity contribution in [2.75, 3.05) is 13.7 Å². The lowest BCUT2D eigenvalue weighted by molar-refractivity contribution is 0.317. The summed E-state index contributed by atoms with van der Waals surface area (Å²) >= 11 is 1.70. The molecule has 0 unspecified atom stereocenters. The Bertz CT molecular complexity index is 581. The predicted octanol–water partition coefficient (Wildman–Crippen LogP) is 3.40. The average Bonchev–Trinajstić information content (AvgIpc) is 3.07. The molecule has 4 nitrogen and oxygen atoms in total. The van der Waals surface area contributed by atoms with Gasteiger partial charge in [0.05, 0.1) is 6.61 Å². The minimum Gasteiger partial charge on any atom is -0.494 e. The van der Waals surface area contributed by atoms with E-state index in [9.17, 15) is 0 Å². The van der Waals surface area contributed by atoms with Crippen LogP contribution in [0.3, 0.4) is 0 Å². The van der Waals surface area contributed by atoms with Crippen LogP contribution in [-0.4, -0.2) is 19.6 Å². The summed E-state index contributed by atoms with van der Waals surface area (Å²) in [7, 11) is 1.78. The molecule has 0 saturated heterocycles. The lowest BCUT2D eigenvalue weighted by Crippen LogP contribution is -2.36. The van der Waals surface area contributed by atoms with Gasteiger partial charge in [0, 0.05) is 20.1 Å². The van der Waals surface area contributed by atoms with Crippen molar-refractivity contribution in [3.8, 4) is 5.75 Å². The molecule has 0 bridgehead atoms. The van der Waals surface area contributed by atoms with Crippen LogP contribution in [0.15, 0.2) is 46.1 Å². The molecule has 0 aliphatic heterocycles. The van der Waals surface area contributed by atoms with Crippen LogP contribution >= 0.6 is 11.3 Å². The van der Waals surface area contributed by atoms with Gasteiger partial charge in [-0.05, 0) is 46.5 Å². The van der Waals surface area contributed by atoms with Gasteiger partial charge in [-0.1, -0.05) is 19.1 Å². The Morgan fingerprint density at radius 2 is 2.00 bits per heavy atom. The van der Waals surface area contributed by atoms with E-state index in [4.69, 9.17) is 4.74 Å². The quantitative estimate of drug-likeness (QED) is 0.608. The van der Waals surface area contributed by atoms with Crippen LogP contribution in [0, 0.1) is 0 Å². The van der Waals surface area contributed by atoms with Gasteiger partial charge in [-0.15, -0.1) is 0 Å². The normalized spacial score (nSPS) is 11.3. The molecule has 2 aromatic rings. The zero-order chi connectivity index (χ0) is 15.6. The SMILES string of the molecule is CCCOc1cccc(CNC(=NC)NCc2ccsc2)c1. The third-order valence-electron chi connectivity index (χ3n) is 3.09. The first-order valence-electron chi connectivity index (χ1n) is 7.49. The van der Waals surface area contributed by atoms with E-state index in [1.165, 1.54) is 11.1 Å². The molecule has 0 fully saturated rings. The van der Waals surface area contributed by atoms with Crippen molar-refractivity contribution < 1.29 is 4.74 Å². The number of thiophene rings is 1. The fraction of sp³-hybridized carbons (Fsp3) is 0.353. The molecule has 1 heterocycles. The summed E-state index contributed by atoms with van der Waals surface area (Å²) in [4.78, 5) is 4.24. The van der Waals surface area contributed by atoms with Gasteiger partial charge in [-0.2, -0.15) is 11.3 Å². The van der Waals surface area contributed by atoms with E-state index in [1.807, 2.05) is 12.1 Å². The highest BCUT2D eigenvalue weighted by molar-refractivity contribution is 7.07. The summed E-state index contributed by atoms with van der Waals surface area (Å²) in [6, 6.07) is 10.3. The predicted molar refractivity (Wildman–Crippen MR) is 93.6 cm³/mol. The fourth-order valence-electron chi connectivity index (χ4n) is 1.95. The Morgan fingerprint density at radius 1 is 1.18 bits per heavy atom. The van der Waals surface area contributed by atoms with E-state index in [-0.39, 0.29) is 0 Å². The number of hydrogen-bond donors (Lipinski definition) is 2. The summed E-state index contributed by atoms with van der Waals surface area (Å²) in [5.74, 6) is 1.72. The molecule has 2 rings (SSSR count). The van der Waals surface area contributed by atoms with E-state index in [0.29, 0.717) is 6.54 Å². The molecule has 0 aliphatic rings. The maximum atomic E-state index is 5.65.